The van der Waals surface area contributed by atoms with Crippen molar-refractivity contribution in [3.05, 3.63) is 22.1 Å². The van der Waals surface area contributed by atoms with Crippen LogP contribution in [0.3, 0.4) is 0 Å². The zero-order valence-corrected chi connectivity index (χ0v) is 17.5. The first-order valence-corrected chi connectivity index (χ1v) is 10.4. The Hall–Kier alpha value is -1.91. The number of carbonyl (C=O) groups is 2. The number of hydrogen-bond acceptors (Lipinski definition) is 7. The number of rotatable bonds is 4. The molecule has 3 heterocycles. The van der Waals surface area contributed by atoms with Crippen molar-refractivity contribution in [2.75, 3.05) is 66.5 Å². The summed E-state index contributed by atoms with van der Waals surface area (Å²) in [6.45, 7) is 7.24. The van der Waals surface area contributed by atoms with Crippen LogP contribution in [0.5, 0.6) is 0 Å². The molecule has 0 unspecified atom stereocenters. The van der Waals surface area contributed by atoms with Crippen molar-refractivity contribution in [1.29, 1.82) is 0 Å². The molecule has 1 aromatic rings. The average molecular weight is 409 g/mol. The van der Waals surface area contributed by atoms with Crippen LogP contribution in [0, 0.1) is 6.92 Å². The summed E-state index contributed by atoms with van der Waals surface area (Å²) in [6.07, 6.45) is 0. The van der Waals surface area contributed by atoms with E-state index in [2.05, 4.69) is 19.8 Å². The lowest BCUT2D eigenvalue weighted by Crippen LogP contribution is -2.55. The molecule has 0 aromatic carbocycles. The summed E-state index contributed by atoms with van der Waals surface area (Å²) in [5.41, 5.74) is 0.275. The van der Waals surface area contributed by atoms with Gasteiger partial charge in [0.2, 0.25) is 11.8 Å². The molecule has 0 radical (unpaired) electrons. The topological polar surface area (TPSA) is 92.8 Å². The molecular weight excluding hydrogens is 380 g/mol. The Bertz CT molecular complexity index is 735. The summed E-state index contributed by atoms with van der Waals surface area (Å²) in [5.74, 6) is -0.405. The van der Waals surface area contributed by atoms with Gasteiger partial charge in [0.25, 0.3) is 5.56 Å². The second-order valence-electron chi connectivity index (χ2n) is 7.45. The predicted octanol–water partition coefficient (Wildman–Crippen LogP) is -0.913. The smallest absolute Gasteiger partial charge is 0.251 e. The largest absolute Gasteiger partial charge is 0.339 e. The maximum absolute atomic E-state index is 13.2. The van der Waals surface area contributed by atoms with Crippen LogP contribution in [0.25, 0.3) is 0 Å². The molecule has 0 aliphatic carbocycles. The fraction of sp³-hybridized carbons (Fsp3) is 0.667. The van der Waals surface area contributed by atoms with Crippen LogP contribution in [-0.2, 0) is 9.59 Å². The summed E-state index contributed by atoms with van der Waals surface area (Å²) in [6, 6.07) is 1.39. The van der Waals surface area contributed by atoms with E-state index in [4.69, 9.17) is 0 Å². The fourth-order valence-corrected chi connectivity index (χ4v) is 4.39. The number of aromatic amines is 1. The summed E-state index contributed by atoms with van der Waals surface area (Å²) >= 11 is 1.05. The van der Waals surface area contributed by atoms with Crippen molar-refractivity contribution in [3.8, 4) is 0 Å². The minimum Gasteiger partial charge on any atom is -0.339 e. The van der Waals surface area contributed by atoms with Crippen LogP contribution in [0.15, 0.2) is 16.0 Å². The van der Waals surface area contributed by atoms with Gasteiger partial charge in [-0.2, -0.15) is 0 Å². The minimum atomic E-state index is -0.934. The Kier molecular flexibility index (Phi) is 6.73. The lowest BCUT2D eigenvalue weighted by molar-refractivity contribution is -0.141. The highest BCUT2D eigenvalue weighted by molar-refractivity contribution is 8.01. The molecule has 2 aliphatic heterocycles. The molecule has 1 aromatic heterocycles. The Labute approximate surface area is 169 Å². The van der Waals surface area contributed by atoms with Crippen LogP contribution >= 0.6 is 11.8 Å². The van der Waals surface area contributed by atoms with Crippen molar-refractivity contribution in [2.45, 2.75) is 17.3 Å². The third-order valence-electron chi connectivity index (χ3n) is 5.16. The third kappa shape index (κ3) is 5.12. The maximum atomic E-state index is 13.2. The van der Waals surface area contributed by atoms with Crippen LogP contribution in [-0.4, -0.2) is 113 Å². The number of nitrogens with zero attached hydrogens (tertiary/aromatic N) is 5. The number of aryl methyl sites for hydroxylation is 1. The highest BCUT2D eigenvalue weighted by Crippen LogP contribution is 2.24. The van der Waals surface area contributed by atoms with Gasteiger partial charge in [-0.25, -0.2) is 4.98 Å². The van der Waals surface area contributed by atoms with E-state index in [0.29, 0.717) is 37.0 Å². The van der Waals surface area contributed by atoms with Gasteiger partial charge in [-0.15, -0.1) is 0 Å². The van der Waals surface area contributed by atoms with Gasteiger partial charge in [0.1, 0.15) is 0 Å². The number of nitrogens with one attached hydrogen (secondary N) is 1. The molecule has 9 nitrogen and oxygen atoms in total. The first-order valence-electron chi connectivity index (χ1n) is 9.53. The van der Waals surface area contributed by atoms with Crippen LogP contribution in [0.1, 0.15) is 5.69 Å². The Morgan fingerprint density at radius 1 is 0.964 bits per heavy atom. The zero-order chi connectivity index (χ0) is 20.3. The monoisotopic (exact) mass is 408 g/mol. The number of aromatic nitrogens is 2. The van der Waals surface area contributed by atoms with E-state index in [0.717, 1.165) is 37.9 Å². The predicted molar refractivity (Wildman–Crippen MR) is 107 cm³/mol. The molecular formula is C18H28N6O3S. The summed E-state index contributed by atoms with van der Waals surface area (Å²) < 4.78 is 0. The van der Waals surface area contributed by atoms with Crippen molar-refractivity contribution >= 4 is 23.6 Å². The molecule has 2 fully saturated rings. The van der Waals surface area contributed by atoms with E-state index in [1.807, 2.05) is 14.1 Å². The van der Waals surface area contributed by atoms with Crippen LogP contribution < -0.4 is 5.56 Å². The van der Waals surface area contributed by atoms with Gasteiger partial charge in [-0.05, 0) is 21.0 Å². The molecule has 0 spiro atoms. The zero-order valence-electron chi connectivity index (χ0n) is 16.7. The molecule has 1 N–H and O–H groups in total. The summed E-state index contributed by atoms with van der Waals surface area (Å²) in [5, 5.41) is -0.628. The van der Waals surface area contributed by atoms with Crippen LogP contribution in [0.4, 0.5) is 0 Å². The molecule has 0 saturated carbocycles. The highest BCUT2D eigenvalue weighted by Gasteiger charge is 2.37. The molecule has 154 valence electrons. The molecule has 28 heavy (non-hydrogen) atoms. The number of hydrogen-bond donors (Lipinski definition) is 1. The second kappa shape index (κ2) is 9.06. The number of thioether (sulfide) groups is 1. The Balaban J connectivity index is 1.81. The lowest BCUT2D eigenvalue weighted by atomic mass is 10.2. The fourth-order valence-electron chi connectivity index (χ4n) is 3.31. The van der Waals surface area contributed by atoms with Gasteiger partial charge >= 0.3 is 0 Å². The van der Waals surface area contributed by atoms with Crippen LogP contribution in [0.2, 0.25) is 0 Å². The first kappa shape index (κ1) is 20.8. The number of piperazine rings is 2. The van der Waals surface area contributed by atoms with E-state index in [9.17, 15) is 14.4 Å². The van der Waals surface area contributed by atoms with Gasteiger partial charge in [0.05, 0.1) is 0 Å². The molecule has 3 rings (SSSR count). The Morgan fingerprint density at radius 3 is 1.86 bits per heavy atom. The quantitative estimate of drug-likeness (QED) is 0.392. The van der Waals surface area contributed by atoms with E-state index in [1.165, 1.54) is 6.07 Å². The number of likely N-dealkylation sites (N-methyl/N-ethyl adjacent to an activating group) is 2. The molecule has 2 saturated heterocycles. The maximum Gasteiger partial charge on any atom is 0.251 e. The second-order valence-corrected chi connectivity index (χ2v) is 8.54. The van der Waals surface area contributed by atoms with Gasteiger partial charge in [-0.3, -0.25) is 14.4 Å². The normalized spacial score (nSPS) is 19.3. The van der Waals surface area contributed by atoms with E-state index >= 15 is 0 Å². The molecule has 0 bridgehead atoms. The molecule has 2 aliphatic rings. The first-order chi connectivity index (χ1) is 13.3. The average Bonchev–Trinajstić information content (AvgIpc) is 2.65. The van der Waals surface area contributed by atoms with Gasteiger partial charge in [-0.1, -0.05) is 11.8 Å². The van der Waals surface area contributed by atoms with Gasteiger partial charge in [0.15, 0.2) is 10.4 Å². The number of amides is 2. The standard InChI is InChI=1S/C18H28N6O3S/c1-13-12-14(25)20-18(19-13)28-15(16(26)23-8-4-21(2)5-9-23)17(27)24-10-6-22(3)7-11-24/h12,15H,4-11H2,1-3H3,(H,19,20,25). The van der Waals surface area contributed by atoms with Crippen molar-refractivity contribution in [1.82, 2.24) is 29.6 Å². The lowest BCUT2D eigenvalue weighted by Gasteiger charge is -2.37. The van der Waals surface area contributed by atoms with E-state index < -0.39 is 5.25 Å². The minimum absolute atomic E-state index is 0.203. The molecule has 2 amide bonds. The summed E-state index contributed by atoms with van der Waals surface area (Å²) in [7, 11) is 4.04. The van der Waals surface area contributed by atoms with E-state index in [-0.39, 0.29) is 17.4 Å². The van der Waals surface area contributed by atoms with Gasteiger partial charge < -0.3 is 24.6 Å². The molecule has 10 heteroatoms. The number of carbonyl (C=O) groups excluding carboxylic acids is 2. The SMILES string of the molecule is Cc1cc(=O)[nH]c(SC(C(=O)N2CCN(C)CC2)C(=O)N2CCN(C)CC2)n1. The number of H-pyrrole nitrogens is 1. The van der Waals surface area contributed by atoms with Gasteiger partial charge in [0, 0.05) is 64.1 Å². The summed E-state index contributed by atoms with van der Waals surface area (Å²) in [4.78, 5) is 53.0. The van der Waals surface area contributed by atoms with Crippen molar-refractivity contribution < 1.29 is 9.59 Å². The highest BCUT2D eigenvalue weighted by atomic mass is 32.2. The van der Waals surface area contributed by atoms with Crippen molar-refractivity contribution in [3.63, 3.8) is 0 Å². The third-order valence-corrected chi connectivity index (χ3v) is 6.21. The van der Waals surface area contributed by atoms with Crippen molar-refractivity contribution in [2.24, 2.45) is 0 Å². The Morgan fingerprint density at radius 2 is 1.43 bits per heavy atom. The van der Waals surface area contributed by atoms with E-state index in [1.54, 1.807) is 16.7 Å². The molecule has 0 atom stereocenters.